The van der Waals surface area contributed by atoms with Crippen molar-refractivity contribution in [3.63, 3.8) is 0 Å². The maximum atomic E-state index is 14.5. The quantitative estimate of drug-likeness (QED) is 0.0912. The van der Waals surface area contributed by atoms with Gasteiger partial charge in [0.15, 0.2) is 11.6 Å². The summed E-state index contributed by atoms with van der Waals surface area (Å²) in [7, 11) is 4.58. The Labute approximate surface area is 436 Å². The van der Waals surface area contributed by atoms with Gasteiger partial charge in [-0.15, -0.1) is 0 Å². The minimum Gasteiger partial charge on any atom is -0.463 e. The fourth-order valence-corrected chi connectivity index (χ4v) is 10.9. The van der Waals surface area contributed by atoms with Gasteiger partial charge in [0.2, 0.25) is 5.79 Å². The SMILES string of the molecule is CO[C@H]1C[C@@H]2CC[C@@H](C)[C@@](O)(O2)C(=O)C(=O)N2CCCC[C@H]2C(=O)O[C@H]([C@H](C)C[C@@H]2CC[C@@H](OCCOC(=O)CBr)[C@H](OC)C2)CC(=O)C(C)=CC(C)[C@@H](O)[C@@H](OC)C(=O)[C@H](C)C[C@H](C)C=CC=CC=C1C. The molecular formula is C55H84BrNO15. The fraction of sp³-hybridized carbons (Fsp3) is 0.745. The molecule has 15 atom stereocenters. The van der Waals surface area contributed by atoms with Crippen LogP contribution in [0, 0.1) is 35.5 Å². The van der Waals surface area contributed by atoms with Crippen LogP contribution >= 0.6 is 15.9 Å². The number of cyclic esters (lactones) is 1. The highest BCUT2D eigenvalue weighted by molar-refractivity contribution is 9.09. The summed E-state index contributed by atoms with van der Waals surface area (Å²) in [5.74, 6) is -8.48. The number of aliphatic hydroxyl groups is 2. The van der Waals surface area contributed by atoms with Gasteiger partial charge in [-0.1, -0.05) is 87.0 Å². The Hall–Kier alpha value is -3.42. The lowest BCUT2D eigenvalue weighted by molar-refractivity contribution is -0.265. The van der Waals surface area contributed by atoms with Gasteiger partial charge in [0, 0.05) is 58.5 Å². The number of aliphatic hydroxyl groups excluding tert-OH is 1. The number of piperidine rings is 1. The van der Waals surface area contributed by atoms with Gasteiger partial charge in [0.25, 0.3) is 11.7 Å². The zero-order chi connectivity index (χ0) is 53.3. The van der Waals surface area contributed by atoms with E-state index < -0.39 is 77.8 Å². The van der Waals surface area contributed by atoms with Gasteiger partial charge < -0.3 is 48.3 Å². The summed E-state index contributed by atoms with van der Waals surface area (Å²) in [6.45, 7) is 13.1. The van der Waals surface area contributed by atoms with E-state index in [-0.39, 0.29) is 85.4 Å². The number of ketones is 3. The van der Waals surface area contributed by atoms with Crippen molar-refractivity contribution < 1.29 is 72.1 Å². The van der Waals surface area contributed by atoms with Gasteiger partial charge in [-0.3, -0.25) is 24.0 Å². The van der Waals surface area contributed by atoms with Gasteiger partial charge in [-0.05, 0) is 107 Å². The summed E-state index contributed by atoms with van der Waals surface area (Å²) >= 11 is 3.08. The van der Waals surface area contributed by atoms with E-state index in [0.717, 1.165) is 12.0 Å². The van der Waals surface area contributed by atoms with E-state index in [0.29, 0.717) is 63.4 Å². The number of carbonyl (C=O) groups excluding carboxylic acids is 6. The van der Waals surface area contributed by atoms with Crippen LogP contribution in [0.15, 0.2) is 47.6 Å². The molecule has 16 nitrogen and oxygen atoms in total. The van der Waals surface area contributed by atoms with Gasteiger partial charge in [0.05, 0.1) is 37.1 Å². The molecule has 0 radical (unpaired) electrons. The number of nitrogens with zero attached hydrogens (tertiary/aromatic N) is 1. The summed E-state index contributed by atoms with van der Waals surface area (Å²) in [6, 6.07) is -1.16. The predicted octanol–water partition coefficient (Wildman–Crippen LogP) is 7.14. The number of alkyl halides is 1. The number of allylic oxidation sites excluding steroid dienone is 6. The van der Waals surface area contributed by atoms with Crippen LogP contribution in [0.3, 0.4) is 0 Å². The molecule has 3 fully saturated rings. The molecule has 2 bridgehead atoms. The normalized spacial score (nSPS) is 35.2. The minimum atomic E-state index is -2.45. The standard InChI is InChI=1S/C55H84BrNO15/c1-33-16-12-11-13-17-34(2)45(66-8)30-41-21-19-39(7)55(65,72-41)52(62)53(63)57-23-15-14-18-42(57)54(64)71-46(31-43(58)35(3)27-38(6)50(61)51(68-10)49(60)37(5)26-33)36(4)28-40-20-22-44(47(29-40)67-9)69-24-25-70-48(59)32-56/h11-13,16-17,27,33,36-42,44-47,50-51,61,65H,14-15,18-26,28-32H2,1-10H3/t33-,36-,37-,38?,39-,40+,41+,42+,44-,45+,46+,47-,50-,51+,55-/m1/s1. The number of methoxy groups -OCH3 is 3. The molecule has 2 saturated heterocycles. The number of halogens is 1. The number of amides is 1. The Bertz CT molecular complexity index is 1950. The highest BCUT2D eigenvalue weighted by Crippen LogP contribution is 2.38. The Morgan fingerprint density at radius 2 is 1.62 bits per heavy atom. The number of ether oxygens (including phenoxy) is 7. The zero-order valence-electron chi connectivity index (χ0n) is 44.4. The molecule has 0 aromatic carbocycles. The summed E-state index contributed by atoms with van der Waals surface area (Å²) in [5, 5.41) is 23.6. The lowest BCUT2D eigenvalue weighted by Crippen LogP contribution is -2.61. The summed E-state index contributed by atoms with van der Waals surface area (Å²) in [4.78, 5) is 84.0. The molecule has 17 heteroatoms. The average molecular weight is 1080 g/mol. The van der Waals surface area contributed by atoms with Gasteiger partial charge >= 0.3 is 11.9 Å². The van der Waals surface area contributed by atoms with Crippen LogP contribution < -0.4 is 0 Å². The van der Waals surface area contributed by atoms with Crippen molar-refractivity contribution in [2.24, 2.45) is 35.5 Å². The summed E-state index contributed by atoms with van der Waals surface area (Å²) in [6.07, 6.45) is 11.6. The van der Waals surface area contributed by atoms with Crippen LogP contribution in [0.1, 0.15) is 126 Å². The van der Waals surface area contributed by atoms with Gasteiger partial charge in [-0.25, -0.2) is 4.79 Å². The monoisotopic (exact) mass is 1080 g/mol. The van der Waals surface area contributed by atoms with Crippen molar-refractivity contribution in [3.8, 4) is 0 Å². The molecule has 3 heterocycles. The Balaban J connectivity index is 1.67. The molecule has 3 aliphatic heterocycles. The van der Waals surface area contributed by atoms with E-state index in [2.05, 4.69) is 15.9 Å². The first-order chi connectivity index (χ1) is 34.2. The van der Waals surface area contributed by atoms with E-state index in [1.807, 2.05) is 58.1 Å². The van der Waals surface area contributed by atoms with E-state index in [1.165, 1.54) is 12.0 Å². The molecule has 0 aromatic heterocycles. The third-order valence-corrected chi connectivity index (χ3v) is 15.7. The number of carbonyl (C=O) groups is 6. The van der Waals surface area contributed by atoms with Gasteiger partial charge in [0.1, 0.15) is 30.2 Å². The first kappa shape index (κ1) is 61.1. The van der Waals surface area contributed by atoms with Crippen LogP contribution in [0.2, 0.25) is 0 Å². The van der Waals surface area contributed by atoms with E-state index in [1.54, 1.807) is 41.1 Å². The van der Waals surface area contributed by atoms with E-state index in [4.69, 9.17) is 33.2 Å². The second-order valence-electron chi connectivity index (χ2n) is 20.8. The highest BCUT2D eigenvalue weighted by Gasteiger charge is 2.53. The van der Waals surface area contributed by atoms with Crippen LogP contribution in [0.25, 0.3) is 0 Å². The first-order valence-corrected chi connectivity index (χ1v) is 27.1. The molecule has 1 unspecified atom stereocenters. The average Bonchev–Trinajstić information content (AvgIpc) is 3.36. The third kappa shape index (κ3) is 17.1. The molecule has 4 rings (SSSR count). The highest BCUT2D eigenvalue weighted by atomic mass is 79.9. The first-order valence-electron chi connectivity index (χ1n) is 26.0. The Morgan fingerprint density at radius 1 is 0.889 bits per heavy atom. The number of rotatable bonds is 11. The third-order valence-electron chi connectivity index (χ3n) is 15.3. The van der Waals surface area contributed by atoms with Crippen molar-refractivity contribution in [1.29, 1.82) is 0 Å². The predicted molar refractivity (Wildman–Crippen MR) is 274 cm³/mol. The maximum Gasteiger partial charge on any atom is 0.329 e. The van der Waals surface area contributed by atoms with Crippen molar-refractivity contribution >= 4 is 51.1 Å². The Morgan fingerprint density at radius 3 is 2.31 bits per heavy atom. The topological polar surface area (TPSA) is 211 Å². The van der Waals surface area contributed by atoms with Crippen LogP contribution in [-0.4, -0.2) is 151 Å². The van der Waals surface area contributed by atoms with E-state index in [9.17, 15) is 39.0 Å². The second kappa shape index (κ2) is 29.6. The largest absolute Gasteiger partial charge is 0.463 e. The molecule has 4 aliphatic rings. The fourth-order valence-electron chi connectivity index (χ4n) is 10.7. The summed E-state index contributed by atoms with van der Waals surface area (Å²) < 4.78 is 41.0. The van der Waals surface area contributed by atoms with Crippen molar-refractivity contribution in [3.05, 3.63) is 47.6 Å². The molecular weight excluding hydrogens is 995 g/mol. The number of esters is 2. The Kier molecular flexibility index (Phi) is 25.1. The van der Waals surface area contributed by atoms with Crippen molar-refractivity contribution in [1.82, 2.24) is 4.90 Å². The van der Waals surface area contributed by atoms with Crippen molar-refractivity contribution in [2.45, 2.75) is 180 Å². The van der Waals surface area contributed by atoms with Crippen molar-refractivity contribution in [2.75, 3.05) is 46.4 Å². The molecule has 1 amide bonds. The number of hydrogen-bond donors (Lipinski definition) is 2. The number of hydrogen-bond acceptors (Lipinski definition) is 15. The van der Waals surface area contributed by atoms with Crippen LogP contribution in [-0.2, 0) is 61.9 Å². The minimum absolute atomic E-state index is 0.0106. The number of fused-ring (bicyclic) bond motifs is 3. The summed E-state index contributed by atoms with van der Waals surface area (Å²) in [5.41, 5.74) is 1.17. The van der Waals surface area contributed by atoms with Crippen LogP contribution in [0.5, 0.6) is 0 Å². The van der Waals surface area contributed by atoms with Crippen LogP contribution in [0.4, 0.5) is 0 Å². The van der Waals surface area contributed by atoms with E-state index >= 15 is 0 Å². The zero-order valence-corrected chi connectivity index (χ0v) is 46.0. The molecule has 0 aromatic rings. The molecule has 1 saturated carbocycles. The lowest BCUT2D eigenvalue weighted by Gasteiger charge is -2.42. The smallest absolute Gasteiger partial charge is 0.329 e. The molecule has 72 heavy (non-hydrogen) atoms. The molecule has 0 spiro atoms. The maximum absolute atomic E-state index is 14.5. The lowest BCUT2D eigenvalue weighted by atomic mass is 9.78. The molecule has 406 valence electrons. The number of Topliss-reactive ketones (excluding diaryl/α,β-unsaturated/α-hetero) is 3. The van der Waals surface area contributed by atoms with Gasteiger partial charge in [-0.2, -0.15) is 0 Å². The molecule has 2 N–H and O–H groups in total. The second-order valence-corrected chi connectivity index (χ2v) is 21.4. The molecule has 1 aliphatic carbocycles.